The average Bonchev–Trinajstić information content (AvgIpc) is 3.21. The number of pyridine rings is 2. The Labute approximate surface area is 202 Å². The van der Waals surface area contributed by atoms with Gasteiger partial charge in [0.15, 0.2) is 5.78 Å². The minimum absolute atomic E-state index is 0.126. The molecule has 0 fully saturated rings. The number of amides is 1. The number of fused-ring (bicyclic) bond motifs is 4. The summed E-state index contributed by atoms with van der Waals surface area (Å²) < 4.78 is 16.4. The van der Waals surface area contributed by atoms with Gasteiger partial charge in [0, 0.05) is 28.1 Å². The molecule has 1 unspecified atom stereocenters. The van der Waals surface area contributed by atoms with Gasteiger partial charge in [0.05, 0.1) is 29.5 Å². The maximum atomic E-state index is 14.8. The highest BCUT2D eigenvalue weighted by Gasteiger charge is 2.39. The molecular weight excluding hydrogens is 449 g/mol. The van der Waals surface area contributed by atoms with Gasteiger partial charge < -0.3 is 15.0 Å². The van der Waals surface area contributed by atoms with Crippen molar-refractivity contribution >= 4 is 23.1 Å². The molecule has 2 aliphatic rings. The first-order valence-electron chi connectivity index (χ1n) is 12.0. The zero-order valence-electron chi connectivity index (χ0n) is 20.3. The number of Topliss-reactive ketones (excluding diaryl/α,β-unsaturated/α-hetero) is 1. The molecule has 0 saturated heterocycles. The van der Waals surface area contributed by atoms with Crippen LogP contribution in [0.3, 0.4) is 0 Å². The fraction of sp³-hybridized carbons (Fsp3) is 0.407. The zero-order valence-corrected chi connectivity index (χ0v) is 20.3. The summed E-state index contributed by atoms with van der Waals surface area (Å²) in [6.07, 6.45) is 2.37. The minimum atomic E-state index is -1.79. The van der Waals surface area contributed by atoms with Crippen LogP contribution in [0.1, 0.15) is 73.0 Å². The third-order valence-electron chi connectivity index (χ3n) is 7.90. The fourth-order valence-electron chi connectivity index (χ4n) is 5.93. The van der Waals surface area contributed by atoms with Gasteiger partial charge in [0.25, 0.3) is 5.56 Å². The van der Waals surface area contributed by atoms with Crippen LogP contribution in [0.5, 0.6) is 0 Å². The van der Waals surface area contributed by atoms with E-state index in [1.807, 2.05) is 6.92 Å². The molecule has 3 aromatic rings. The van der Waals surface area contributed by atoms with Crippen molar-refractivity contribution in [1.82, 2.24) is 14.9 Å². The lowest BCUT2D eigenvalue weighted by Crippen LogP contribution is -2.37. The maximum absolute atomic E-state index is 14.8. The summed E-state index contributed by atoms with van der Waals surface area (Å²) in [5.41, 5.74) is 3.22. The monoisotopic (exact) mass is 477 g/mol. The van der Waals surface area contributed by atoms with Gasteiger partial charge in [-0.05, 0) is 62.3 Å². The molecule has 3 heterocycles. The number of hydrogen-bond donors (Lipinski definition) is 2. The molecule has 0 saturated carbocycles. The first-order chi connectivity index (χ1) is 16.7. The van der Waals surface area contributed by atoms with Crippen LogP contribution in [0.2, 0.25) is 0 Å². The van der Waals surface area contributed by atoms with Crippen molar-refractivity contribution in [2.24, 2.45) is 0 Å². The number of benzene rings is 1. The molecule has 1 aliphatic heterocycles. The van der Waals surface area contributed by atoms with Gasteiger partial charge in [0.1, 0.15) is 11.4 Å². The van der Waals surface area contributed by atoms with Crippen molar-refractivity contribution in [1.29, 1.82) is 0 Å². The SMILES string of the molecule is CCc1c(C(O)(CC)C(C)=O)cc2n(c1=O)Cc1c-2nc2cc(F)c(C)c3c2c1[C@@H](NC=O)CC3. The van der Waals surface area contributed by atoms with Gasteiger partial charge in [-0.1, -0.05) is 13.8 Å². The van der Waals surface area contributed by atoms with Crippen LogP contribution < -0.4 is 10.9 Å². The third kappa shape index (κ3) is 3.12. The summed E-state index contributed by atoms with van der Waals surface area (Å²) >= 11 is 0. The number of aryl methyl sites for hydroxylation is 1. The largest absolute Gasteiger partial charge is 0.377 e. The molecule has 8 heteroatoms. The molecule has 5 rings (SSSR count). The molecular formula is C27H28FN3O4. The second kappa shape index (κ2) is 8.09. The van der Waals surface area contributed by atoms with Gasteiger partial charge in [-0.3, -0.25) is 14.4 Å². The van der Waals surface area contributed by atoms with Gasteiger partial charge >= 0.3 is 0 Å². The number of hydrogen-bond acceptors (Lipinski definition) is 5. The van der Waals surface area contributed by atoms with Crippen molar-refractivity contribution in [2.75, 3.05) is 0 Å². The Kier molecular flexibility index (Phi) is 5.40. The molecule has 0 radical (unpaired) electrons. The topological polar surface area (TPSA) is 101 Å². The number of halogens is 1. The molecule has 0 bridgehead atoms. The Bertz CT molecular complexity index is 1490. The second-order valence-corrected chi connectivity index (χ2v) is 9.52. The van der Waals surface area contributed by atoms with E-state index in [2.05, 4.69) is 5.32 Å². The van der Waals surface area contributed by atoms with E-state index in [1.54, 1.807) is 24.5 Å². The van der Waals surface area contributed by atoms with E-state index in [9.17, 15) is 23.9 Å². The zero-order chi connectivity index (χ0) is 25.2. The summed E-state index contributed by atoms with van der Waals surface area (Å²) in [5.74, 6) is -0.779. The van der Waals surface area contributed by atoms with Crippen LogP contribution in [0.25, 0.3) is 22.3 Å². The Morgan fingerprint density at radius 2 is 2.09 bits per heavy atom. The first kappa shape index (κ1) is 23.4. The number of nitrogens with one attached hydrogen (secondary N) is 1. The number of aromatic nitrogens is 2. The van der Waals surface area contributed by atoms with Gasteiger partial charge in [-0.25, -0.2) is 9.37 Å². The van der Waals surface area contributed by atoms with E-state index >= 15 is 0 Å². The van der Waals surface area contributed by atoms with Crippen LogP contribution in [0, 0.1) is 12.7 Å². The fourth-order valence-corrected chi connectivity index (χ4v) is 5.93. The number of ketones is 1. The summed E-state index contributed by atoms with van der Waals surface area (Å²) in [5, 5.41) is 15.0. The van der Waals surface area contributed by atoms with Crippen LogP contribution in [-0.4, -0.2) is 26.9 Å². The van der Waals surface area contributed by atoms with E-state index < -0.39 is 11.4 Å². The first-order valence-corrected chi connectivity index (χ1v) is 12.0. The number of nitrogens with zero attached hydrogens (tertiary/aromatic N) is 2. The maximum Gasteiger partial charge on any atom is 0.254 e. The Balaban J connectivity index is 1.88. The third-order valence-corrected chi connectivity index (χ3v) is 7.90. The van der Waals surface area contributed by atoms with Crippen LogP contribution >= 0.6 is 0 Å². The van der Waals surface area contributed by atoms with E-state index in [4.69, 9.17) is 4.98 Å². The number of aliphatic hydroxyl groups is 1. The predicted octanol–water partition coefficient (Wildman–Crippen LogP) is 3.36. The molecule has 2 N–H and O–H groups in total. The summed E-state index contributed by atoms with van der Waals surface area (Å²) in [6.45, 7) is 6.86. The molecule has 2 atom stereocenters. The van der Waals surface area contributed by atoms with Gasteiger partial charge in [-0.2, -0.15) is 0 Å². The van der Waals surface area contributed by atoms with E-state index in [0.29, 0.717) is 59.3 Å². The van der Waals surface area contributed by atoms with Crippen LogP contribution in [0.15, 0.2) is 16.9 Å². The Morgan fingerprint density at radius 1 is 1.34 bits per heavy atom. The molecule has 2 aromatic heterocycles. The van der Waals surface area contributed by atoms with E-state index in [-0.39, 0.29) is 30.4 Å². The highest BCUT2D eigenvalue weighted by molar-refractivity contribution is 5.93. The molecule has 35 heavy (non-hydrogen) atoms. The predicted molar refractivity (Wildman–Crippen MR) is 130 cm³/mol. The van der Waals surface area contributed by atoms with Gasteiger partial charge in [0.2, 0.25) is 6.41 Å². The molecule has 182 valence electrons. The lowest BCUT2D eigenvalue weighted by Gasteiger charge is -2.28. The minimum Gasteiger partial charge on any atom is -0.377 e. The highest BCUT2D eigenvalue weighted by Crippen LogP contribution is 2.45. The van der Waals surface area contributed by atoms with Gasteiger partial charge in [-0.15, -0.1) is 0 Å². The Hall–Kier alpha value is -3.39. The van der Waals surface area contributed by atoms with Crippen molar-refractivity contribution in [3.05, 3.63) is 61.7 Å². The smallest absolute Gasteiger partial charge is 0.254 e. The van der Waals surface area contributed by atoms with Crippen LogP contribution in [-0.2, 0) is 34.6 Å². The molecule has 0 spiro atoms. The summed E-state index contributed by atoms with van der Waals surface area (Å²) in [7, 11) is 0. The lowest BCUT2D eigenvalue weighted by atomic mass is 9.81. The standard InChI is InChI=1S/C27H28FN3O4/c1-5-15-18(27(35,6-2)14(4)33)9-22-25-17(11-31(22)26(15)34)24-20(29-12-32)8-7-16-13(3)19(28)10-21(30-25)23(16)24/h9-10,12,20,35H,5-8,11H2,1-4H3,(H,29,32)/t20-,27?/m0/s1. The summed E-state index contributed by atoms with van der Waals surface area (Å²) in [6, 6.07) is 2.81. The van der Waals surface area contributed by atoms with Crippen LogP contribution in [0.4, 0.5) is 4.39 Å². The van der Waals surface area contributed by atoms with Crippen molar-refractivity contribution in [3.8, 4) is 11.4 Å². The normalized spacial score (nSPS) is 17.6. The molecule has 1 amide bonds. The average molecular weight is 478 g/mol. The van der Waals surface area contributed by atoms with Crippen molar-refractivity contribution < 1.29 is 19.1 Å². The van der Waals surface area contributed by atoms with E-state index in [0.717, 1.165) is 22.1 Å². The summed E-state index contributed by atoms with van der Waals surface area (Å²) in [4.78, 5) is 42.3. The van der Waals surface area contributed by atoms with E-state index in [1.165, 1.54) is 13.0 Å². The quantitative estimate of drug-likeness (QED) is 0.415. The highest BCUT2D eigenvalue weighted by atomic mass is 19.1. The Morgan fingerprint density at radius 3 is 2.71 bits per heavy atom. The molecule has 1 aromatic carbocycles. The number of rotatable bonds is 6. The lowest BCUT2D eigenvalue weighted by molar-refractivity contribution is -0.136. The number of carbonyl (C=O) groups is 2. The second-order valence-electron chi connectivity index (χ2n) is 9.52. The van der Waals surface area contributed by atoms with Crippen molar-refractivity contribution in [2.45, 2.75) is 71.6 Å². The number of carbonyl (C=O) groups excluding carboxylic acids is 2. The van der Waals surface area contributed by atoms with Crippen molar-refractivity contribution in [3.63, 3.8) is 0 Å². The molecule has 7 nitrogen and oxygen atoms in total. The molecule has 1 aliphatic carbocycles.